The van der Waals surface area contributed by atoms with Gasteiger partial charge in [-0.2, -0.15) is 0 Å². The summed E-state index contributed by atoms with van der Waals surface area (Å²) >= 11 is 0. The van der Waals surface area contributed by atoms with Crippen molar-refractivity contribution >= 4 is 43.4 Å². The molecule has 3 aromatic heterocycles. The van der Waals surface area contributed by atoms with Crippen molar-refractivity contribution in [3.05, 3.63) is 77.6 Å². The van der Waals surface area contributed by atoms with Crippen molar-refractivity contribution in [2.24, 2.45) is 7.05 Å². The minimum absolute atomic E-state index is 0.0154. The summed E-state index contributed by atoms with van der Waals surface area (Å²) in [4.78, 5) is 4.37. The van der Waals surface area contributed by atoms with Crippen LogP contribution >= 0.6 is 0 Å². The normalized spacial score (nSPS) is 15.3. The molecule has 37 heavy (non-hydrogen) atoms. The molecular formula is C32H39N2OSi2+. The van der Waals surface area contributed by atoms with Crippen molar-refractivity contribution in [1.82, 2.24) is 4.98 Å². The molecule has 0 saturated carbocycles. The van der Waals surface area contributed by atoms with Gasteiger partial charge in [-0.15, -0.1) is 0 Å². The highest BCUT2D eigenvalue weighted by molar-refractivity contribution is 6.89. The predicted molar refractivity (Wildman–Crippen MR) is 163 cm³/mol. The van der Waals surface area contributed by atoms with Crippen LogP contribution < -0.4 is 9.75 Å². The van der Waals surface area contributed by atoms with Gasteiger partial charge in [-0.25, -0.2) is 9.55 Å². The Balaban J connectivity index is 1.75. The van der Waals surface area contributed by atoms with Gasteiger partial charge in [0.25, 0.3) is 0 Å². The molecule has 0 spiro atoms. The predicted octanol–water partition coefficient (Wildman–Crippen LogP) is 7.72. The van der Waals surface area contributed by atoms with Gasteiger partial charge >= 0.3 is 0 Å². The van der Waals surface area contributed by atoms with E-state index in [4.69, 9.17) is 11.3 Å². The maximum Gasteiger partial charge on any atom is 0.227 e. The van der Waals surface area contributed by atoms with Gasteiger partial charge in [0.2, 0.25) is 11.4 Å². The highest BCUT2D eigenvalue weighted by Crippen LogP contribution is 2.37. The number of fused-ring (bicyclic) bond motifs is 3. The van der Waals surface area contributed by atoms with Crippen LogP contribution in [0.4, 0.5) is 0 Å². The van der Waals surface area contributed by atoms with Crippen LogP contribution in [0.2, 0.25) is 39.3 Å². The maximum absolute atomic E-state index is 8.79. The molecule has 0 N–H and O–H groups in total. The first kappa shape index (κ1) is 20.0. The fraction of sp³-hybridized carbons (Fsp3) is 0.312. The van der Waals surface area contributed by atoms with E-state index in [0.717, 1.165) is 44.3 Å². The van der Waals surface area contributed by atoms with Gasteiger partial charge < -0.3 is 4.42 Å². The van der Waals surface area contributed by atoms with E-state index < -0.39 is 29.0 Å². The summed E-state index contributed by atoms with van der Waals surface area (Å²) in [6, 6.07) is 17.7. The maximum atomic E-state index is 8.79. The lowest BCUT2D eigenvalue weighted by atomic mass is 9.97. The first-order valence-electron chi connectivity index (χ1n) is 15.3. The molecule has 5 rings (SSSR count). The summed E-state index contributed by atoms with van der Waals surface area (Å²) < 4.78 is 49.4. The number of hydrogen-bond donors (Lipinski definition) is 0. The SMILES string of the molecule is [2H]C([2H])([2H])c1ccc2c(n1)oc1c(-c3cc(-c4ccc(C([2H])([2H])[Si](C)(C)C)cc4)c([Si](C)(C)C)c[n+]3C)c(C)ccc12. The topological polar surface area (TPSA) is 29.9 Å². The quantitative estimate of drug-likeness (QED) is 0.173. The van der Waals surface area contributed by atoms with Crippen molar-refractivity contribution in [3.8, 4) is 22.4 Å². The number of benzene rings is 2. The summed E-state index contributed by atoms with van der Waals surface area (Å²) in [6.07, 6.45) is 2.23. The summed E-state index contributed by atoms with van der Waals surface area (Å²) in [5.41, 5.74) is 6.90. The molecule has 0 aliphatic heterocycles. The highest BCUT2D eigenvalue weighted by atomic mass is 28.3. The van der Waals surface area contributed by atoms with Crippen molar-refractivity contribution < 1.29 is 15.8 Å². The largest absolute Gasteiger partial charge is 0.437 e. The molecule has 0 aliphatic rings. The third-order valence-corrected chi connectivity index (χ3v) is 9.82. The standard InChI is InChI=1S/C32H39N2OSi2/c1-21-10-16-25-26-17-11-22(2)33-32(26)35-31(25)30(21)28-18-27(29(19-34(28)3)37(7,8)9)24-14-12-23(13-15-24)20-36(4,5)6/h10-19H,20H2,1-9H3/q+1/i2D3,20D2. The summed E-state index contributed by atoms with van der Waals surface area (Å²) in [7, 11) is -1.83. The Morgan fingerprint density at radius 2 is 1.65 bits per heavy atom. The number of nitrogens with zero attached hydrogens (tertiary/aromatic N) is 2. The Kier molecular flexibility index (Phi) is 4.90. The van der Waals surface area contributed by atoms with Gasteiger partial charge in [0.05, 0.1) is 13.6 Å². The minimum Gasteiger partial charge on any atom is -0.437 e. The minimum atomic E-state index is -2.32. The van der Waals surface area contributed by atoms with E-state index in [1.807, 2.05) is 18.2 Å². The zero-order chi connectivity index (χ0) is 31.0. The van der Waals surface area contributed by atoms with E-state index in [0.29, 0.717) is 11.3 Å². The zero-order valence-electron chi connectivity index (χ0n) is 28.1. The molecule has 3 nitrogen and oxygen atoms in total. The number of aromatic nitrogens is 2. The van der Waals surface area contributed by atoms with Gasteiger partial charge in [0.1, 0.15) is 7.05 Å². The molecule has 3 heterocycles. The molecule has 0 aliphatic carbocycles. The molecule has 5 aromatic rings. The summed E-state index contributed by atoms with van der Waals surface area (Å²) in [5.74, 6) is -1.33. The molecule has 5 heteroatoms. The second kappa shape index (κ2) is 9.07. The molecule has 0 bridgehead atoms. The van der Waals surface area contributed by atoms with Crippen LogP contribution in [0.1, 0.15) is 23.7 Å². The van der Waals surface area contributed by atoms with E-state index in [1.165, 1.54) is 5.19 Å². The van der Waals surface area contributed by atoms with Gasteiger partial charge in [-0.1, -0.05) is 81.2 Å². The monoisotopic (exact) mass is 528 g/mol. The Labute approximate surface area is 230 Å². The molecule has 0 saturated heterocycles. The molecule has 0 atom stereocenters. The van der Waals surface area contributed by atoms with Crippen LogP contribution in [0.3, 0.4) is 0 Å². The van der Waals surface area contributed by atoms with E-state index in [9.17, 15) is 0 Å². The fourth-order valence-electron chi connectivity index (χ4n) is 5.04. The molecule has 2 aromatic carbocycles. The van der Waals surface area contributed by atoms with Crippen molar-refractivity contribution in [2.75, 3.05) is 0 Å². The number of hydrogen-bond acceptors (Lipinski definition) is 2. The zero-order valence-corrected chi connectivity index (χ0v) is 25.1. The van der Waals surface area contributed by atoms with Gasteiger partial charge in [0, 0.05) is 42.6 Å². The number of pyridine rings is 2. The van der Waals surface area contributed by atoms with Crippen LogP contribution in [0.5, 0.6) is 0 Å². The van der Waals surface area contributed by atoms with Gasteiger partial charge in [0.15, 0.2) is 11.8 Å². The average Bonchev–Trinajstić information content (AvgIpc) is 3.25. The fourth-order valence-corrected chi connectivity index (χ4v) is 7.68. The molecule has 0 radical (unpaired) electrons. The van der Waals surface area contributed by atoms with Crippen LogP contribution in [0.25, 0.3) is 44.5 Å². The first-order valence-corrected chi connectivity index (χ1v) is 19.8. The van der Waals surface area contributed by atoms with Crippen molar-refractivity contribution in [2.45, 2.75) is 59.1 Å². The molecule has 190 valence electrons. The Morgan fingerprint density at radius 1 is 0.946 bits per heavy atom. The van der Waals surface area contributed by atoms with E-state index in [-0.39, 0.29) is 5.69 Å². The van der Waals surface area contributed by atoms with Crippen LogP contribution in [-0.2, 0) is 13.0 Å². The lowest BCUT2D eigenvalue weighted by molar-refractivity contribution is -0.659. The third-order valence-electron chi connectivity index (χ3n) is 6.77. The van der Waals surface area contributed by atoms with Crippen LogP contribution in [-0.4, -0.2) is 21.1 Å². The number of aryl methyl sites for hydroxylation is 3. The summed E-state index contributed by atoms with van der Waals surface area (Å²) in [6.45, 7) is 12.9. The third kappa shape index (κ3) is 4.95. The molecule has 0 unspecified atom stereocenters. The van der Waals surface area contributed by atoms with Crippen LogP contribution in [0.15, 0.2) is 65.2 Å². The van der Waals surface area contributed by atoms with Crippen LogP contribution in [0, 0.1) is 13.8 Å². The lowest BCUT2D eigenvalue weighted by Gasteiger charge is -2.21. The van der Waals surface area contributed by atoms with E-state index >= 15 is 0 Å². The van der Waals surface area contributed by atoms with Gasteiger partial charge in [-0.3, -0.25) is 0 Å². The Morgan fingerprint density at radius 3 is 2.30 bits per heavy atom. The average molecular weight is 529 g/mol. The molecule has 0 amide bonds. The van der Waals surface area contributed by atoms with E-state index in [2.05, 4.69) is 93.3 Å². The highest BCUT2D eigenvalue weighted by Gasteiger charge is 2.29. The van der Waals surface area contributed by atoms with E-state index in [1.54, 1.807) is 12.1 Å². The second-order valence-corrected chi connectivity index (χ2v) is 21.9. The smallest absolute Gasteiger partial charge is 0.227 e. The Hall–Kier alpha value is -3.03. The number of furan rings is 1. The van der Waals surface area contributed by atoms with Crippen molar-refractivity contribution in [3.63, 3.8) is 0 Å². The second-order valence-electron chi connectivity index (χ2n) is 12.1. The Bertz CT molecular complexity index is 1830. The lowest BCUT2D eigenvalue weighted by Crippen LogP contribution is -2.46. The molecular weight excluding hydrogens is 485 g/mol. The first-order chi connectivity index (χ1) is 19.3. The van der Waals surface area contributed by atoms with Gasteiger partial charge in [-0.05, 0) is 48.6 Å². The molecule has 0 fully saturated rings. The van der Waals surface area contributed by atoms with Crippen molar-refractivity contribution in [1.29, 1.82) is 0 Å². The number of rotatable bonds is 5. The summed E-state index contributed by atoms with van der Waals surface area (Å²) in [5, 5.41) is 2.99.